The average molecular weight is 252 g/mol. The van der Waals surface area contributed by atoms with Crippen LogP contribution in [-0.4, -0.2) is 36.6 Å². The SMILES string of the molecule is CCC(C)CN1CC(C2CC2)NCC1C(C)(C)C. The van der Waals surface area contributed by atoms with Crippen molar-refractivity contribution in [3.8, 4) is 0 Å². The predicted molar refractivity (Wildman–Crippen MR) is 78.8 cm³/mol. The van der Waals surface area contributed by atoms with Crippen LogP contribution < -0.4 is 5.32 Å². The molecule has 0 aromatic heterocycles. The zero-order valence-electron chi connectivity index (χ0n) is 13.0. The van der Waals surface area contributed by atoms with Crippen LogP contribution in [0.25, 0.3) is 0 Å². The van der Waals surface area contributed by atoms with Gasteiger partial charge in [-0.25, -0.2) is 0 Å². The third-order valence-corrected chi connectivity index (χ3v) is 4.88. The molecule has 1 aliphatic heterocycles. The molecule has 2 heteroatoms. The Labute approximate surface area is 114 Å². The van der Waals surface area contributed by atoms with Crippen LogP contribution in [0.2, 0.25) is 0 Å². The molecule has 0 amide bonds. The van der Waals surface area contributed by atoms with E-state index < -0.39 is 0 Å². The lowest BCUT2D eigenvalue weighted by Crippen LogP contribution is -2.61. The van der Waals surface area contributed by atoms with Crippen LogP contribution in [0.1, 0.15) is 53.9 Å². The Morgan fingerprint density at radius 3 is 2.44 bits per heavy atom. The fourth-order valence-electron chi connectivity index (χ4n) is 3.24. The van der Waals surface area contributed by atoms with Gasteiger partial charge in [-0.2, -0.15) is 0 Å². The number of nitrogens with zero attached hydrogens (tertiary/aromatic N) is 1. The Kier molecular flexibility index (Phi) is 4.38. The topological polar surface area (TPSA) is 15.3 Å². The summed E-state index contributed by atoms with van der Waals surface area (Å²) in [5.41, 5.74) is 0.384. The number of nitrogens with one attached hydrogen (secondary N) is 1. The molecule has 106 valence electrons. The molecule has 1 aliphatic carbocycles. The Morgan fingerprint density at radius 1 is 1.28 bits per heavy atom. The first-order valence-electron chi connectivity index (χ1n) is 7.89. The molecule has 1 N–H and O–H groups in total. The summed E-state index contributed by atoms with van der Waals surface area (Å²) < 4.78 is 0. The van der Waals surface area contributed by atoms with Crippen LogP contribution in [0, 0.1) is 17.3 Å². The van der Waals surface area contributed by atoms with Gasteiger partial charge in [0.05, 0.1) is 0 Å². The molecule has 18 heavy (non-hydrogen) atoms. The monoisotopic (exact) mass is 252 g/mol. The third kappa shape index (κ3) is 3.48. The van der Waals surface area contributed by atoms with Crippen molar-refractivity contribution in [2.75, 3.05) is 19.6 Å². The summed E-state index contributed by atoms with van der Waals surface area (Å²) in [7, 11) is 0. The lowest BCUT2D eigenvalue weighted by atomic mass is 9.83. The molecule has 1 saturated carbocycles. The summed E-state index contributed by atoms with van der Waals surface area (Å²) in [5, 5.41) is 3.82. The van der Waals surface area contributed by atoms with Crippen LogP contribution in [-0.2, 0) is 0 Å². The summed E-state index contributed by atoms with van der Waals surface area (Å²) >= 11 is 0. The van der Waals surface area contributed by atoms with E-state index in [0.717, 1.165) is 17.9 Å². The van der Waals surface area contributed by atoms with Crippen LogP contribution in [0.3, 0.4) is 0 Å². The Hall–Kier alpha value is -0.0800. The smallest absolute Gasteiger partial charge is 0.0269 e. The van der Waals surface area contributed by atoms with Crippen molar-refractivity contribution in [2.24, 2.45) is 17.3 Å². The van der Waals surface area contributed by atoms with E-state index in [0.29, 0.717) is 11.5 Å². The second-order valence-electron chi connectivity index (χ2n) is 7.70. The standard InChI is InChI=1S/C16H32N2/c1-6-12(2)10-18-11-14(13-7-8-13)17-9-15(18)16(3,4)5/h12-15,17H,6-11H2,1-5H3. The zero-order chi connectivity index (χ0) is 13.3. The van der Waals surface area contributed by atoms with Gasteiger partial charge >= 0.3 is 0 Å². The summed E-state index contributed by atoms with van der Waals surface area (Å²) in [6.07, 6.45) is 4.21. The van der Waals surface area contributed by atoms with E-state index in [1.165, 1.54) is 38.9 Å². The van der Waals surface area contributed by atoms with E-state index in [2.05, 4.69) is 44.8 Å². The second kappa shape index (κ2) is 5.50. The number of hydrogen-bond acceptors (Lipinski definition) is 2. The number of rotatable bonds is 4. The summed E-state index contributed by atoms with van der Waals surface area (Å²) in [6.45, 7) is 15.6. The van der Waals surface area contributed by atoms with Gasteiger partial charge in [-0.1, -0.05) is 41.0 Å². The highest BCUT2D eigenvalue weighted by Crippen LogP contribution is 2.36. The Bertz CT molecular complexity index is 265. The molecule has 0 aromatic carbocycles. The Balaban J connectivity index is 2.00. The largest absolute Gasteiger partial charge is 0.311 e. The predicted octanol–water partition coefficient (Wildman–Crippen LogP) is 3.13. The third-order valence-electron chi connectivity index (χ3n) is 4.88. The van der Waals surface area contributed by atoms with Gasteiger partial charge in [-0.15, -0.1) is 0 Å². The van der Waals surface area contributed by atoms with Crippen molar-refractivity contribution in [2.45, 2.75) is 66.0 Å². The minimum Gasteiger partial charge on any atom is -0.311 e. The maximum atomic E-state index is 3.82. The van der Waals surface area contributed by atoms with Crippen molar-refractivity contribution in [3.05, 3.63) is 0 Å². The van der Waals surface area contributed by atoms with Crippen molar-refractivity contribution in [1.29, 1.82) is 0 Å². The van der Waals surface area contributed by atoms with Crippen LogP contribution >= 0.6 is 0 Å². The van der Waals surface area contributed by atoms with Crippen molar-refractivity contribution in [1.82, 2.24) is 10.2 Å². The highest BCUT2D eigenvalue weighted by molar-refractivity contribution is 4.97. The molecule has 2 aliphatic rings. The maximum Gasteiger partial charge on any atom is 0.0269 e. The molecule has 1 heterocycles. The van der Waals surface area contributed by atoms with Crippen molar-refractivity contribution >= 4 is 0 Å². The van der Waals surface area contributed by atoms with E-state index in [-0.39, 0.29) is 0 Å². The first-order chi connectivity index (χ1) is 8.41. The molecule has 2 rings (SSSR count). The van der Waals surface area contributed by atoms with E-state index in [1.807, 2.05) is 0 Å². The van der Waals surface area contributed by atoms with Gasteiger partial charge in [-0.05, 0) is 30.1 Å². The van der Waals surface area contributed by atoms with E-state index in [4.69, 9.17) is 0 Å². The molecule has 0 radical (unpaired) electrons. The fraction of sp³-hybridized carbons (Fsp3) is 1.00. The molecule has 3 unspecified atom stereocenters. The zero-order valence-corrected chi connectivity index (χ0v) is 13.0. The Morgan fingerprint density at radius 2 is 1.94 bits per heavy atom. The van der Waals surface area contributed by atoms with Gasteiger partial charge in [0.15, 0.2) is 0 Å². The van der Waals surface area contributed by atoms with Gasteiger partial charge in [0.25, 0.3) is 0 Å². The molecule has 2 fully saturated rings. The van der Waals surface area contributed by atoms with Gasteiger partial charge in [0, 0.05) is 31.7 Å². The molecule has 0 spiro atoms. The molecular formula is C16H32N2. The van der Waals surface area contributed by atoms with Crippen molar-refractivity contribution in [3.63, 3.8) is 0 Å². The highest BCUT2D eigenvalue weighted by Gasteiger charge is 2.40. The highest BCUT2D eigenvalue weighted by atomic mass is 15.2. The van der Waals surface area contributed by atoms with Crippen LogP contribution in [0.15, 0.2) is 0 Å². The van der Waals surface area contributed by atoms with Gasteiger partial charge < -0.3 is 5.32 Å². The summed E-state index contributed by atoms with van der Waals surface area (Å²) in [4.78, 5) is 2.79. The maximum absolute atomic E-state index is 3.82. The molecule has 3 atom stereocenters. The first kappa shape index (κ1) is 14.3. The minimum absolute atomic E-state index is 0.384. The normalized spacial score (nSPS) is 32.5. The molecule has 0 bridgehead atoms. The van der Waals surface area contributed by atoms with E-state index in [1.54, 1.807) is 0 Å². The van der Waals surface area contributed by atoms with Gasteiger partial charge in [-0.3, -0.25) is 4.90 Å². The van der Waals surface area contributed by atoms with E-state index >= 15 is 0 Å². The van der Waals surface area contributed by atoms with Gasteiger partial charge in [0.1, 0.15) is 0 Å². The number of piperazine rings is 1. The lowest BCUT2D eigenvalue weighted by Gasteiger charge is -2.47. The van der Waals surface area contributed by atoms with Crippen LogP contribution in [0.5, 0.6) is 0 Å². The second-order valence-corrected chi connectivity index (χ2v) is 7.70. The molecular weight excluding hydrogens is 220 g/mol. The fourth-order valence-corrected chi connectivity index (χ4v) is 3.24. The summed E-state index contributed by atoms with van der Waals surface area (Å²) in [6, 6.07) is 1.47. The number of hydrogen-bond donors (Lipinski definition) is 1. The molecule has 0 aromatic rings. The van der Waals surface area contributed by atoms with Crippen LogP contribution in [0.4, 0.5) is 0 Å². The van der Waals surface area contributed by atoms with Gasteiger partial charge in [0.2, 0.25) is 0 Å². The molecule has 2 nitrogen and oxygen atoms in total. The minimum atomic E-state index is 0.384. The lowest BCUT2D eigenvalue weighted by molar-refractivity contribution is 0.0402. The molecule has 1 saturated heterocycles. The van der Waals surface area contributed by atoms with E-state index in [9.17, 15) is 0 Å². The average Bonchev–Trinajstić information content (AvgIpc) is 3.11. The quantitative estimate of drug-likeness (QED) is 0.827. The summed E-state index contributed by atoms with van der Waals surface area (Å²) in [5.74, 6) is 1.80. The van der Waals surface area contributed by atoms with Crippen molar-refractivity contribution < 1.29 is 0 Å². The first-order valence-corrected chi connectivity index (χ1v) is 7.89.